The molecule has 0 fully saturated rings. The summed E-state index contributed by atoms with van der Waals surface area (Å²) in [6.45, 7) is 6.67. The van der Waals surface area contributed by atoms with Gasteiger partial charge in [-0.3, -0.25) is 4.79 Å². The molecule has 1 aromatic heterocycles. The summed E-state index contributed by atoms with van der Waals surface area (Å²) in [5.74, 6) is 0.0445. The minimum atomic E-state index is -0.107. The predicted molar refractivity (Wildman–Crippen MR) is 93.5 cm³/mol. The van der Waals surface area contributed by atoms with Crippen LogP contribution in [0.2, 0.25) is 5.02 Å². The number of amides is 1. The first-order chi connectivity index (χ1) is 10.9. The molecule has 124 valence electrons. The van der Waals surface area contributed by atoms with Crippen molar-refractivity contribution in [2.75, 3.05) is 13.6 Å². The van der Waals surface area contributed by atoms with E-state index in [2.05, 4.69) is 15.7 Å². The van der Waals surface area contributed by atoms with Crippen LogP contribution in [-0.4, -0.2) is 35.3 Å². The van der Waals surface area contributed by atoms with Gasteiger partial charge in [-0.1, -0.05) is 31.5 Å². The Morgan fingerprint density at radius 2 is 2.09 bits per heavy atom. The van der Waals surface area contributed by atoms with Gasteiger partial charge in [0.2, 0.25) is 0 Å². The van der Waals surface area contributed by atoms with E-state index in [1.807, 2.05) is 52.1 Å². The Hall–Kier alpha value is -1.85. The standard InChI is InChI=1S/C17H23ClN4O/c1-11(2)16-15(17(23)20-9-12(3)19-4)10-21-22(16)14-7-5-6-13(18)8-14/h5-8,10-12,19H,9H2,1-4H3,(H,20,23). The van der Waals surface area contributed by atoms with Gasteiger partial charge in [-0.05, 0) is 38.1 Å². The number of likely N-dealkylation sites (N-methyl/N-ethyl adjacent to an activating group) is 1. The minimum Gasteiger partial charge on any atom is -0.350 e. The van der Waals surface area contributed by atoms with Gasteiger partial charge >= 0.3 is 0 Å². The third-order valence-corrected chi connectivity index (χ3v) is 3.95. The highest BCUT2D eigenvalue weighted by molar-refractivity contribution is 6.30. The van der Waals surface area contributed by atoms with E-state index in [1.54, 1.807) is 10.9 Å². The Kier molecular flexibility index (Phi) is 5.80. The smallest absolute Gasteiger partial charge is 0.254 e. The molecule has 0 aliphatic heterocycles. The molecular formula is C17H23ClN4O. The summed E-state index contributed by atoms with van der Waals surface area (Å²) in [4.78, 5) is 12.5. The molecule has 0 saturated carbocycles. The molecule has 23 heavy (non-hydrogen) atoms. The van der Waals surface area contributed by atoms with Gasteiger partial charge in [-0.15, -0.1) is 0 Å². The molecule has 5 nitrogen and oxygen atoms in total. The van der Waals surface area contributed by atoms with Gasteiger partial charge < -0.3 is 10.6 Å². The molecule has 2 rings (SSSR count). The zero-order chi connectivity index (χ0) is 17.0. The van der Waals surface area contributed by atoms with E-state index in [0.29, 0.717) is 17.1 Å². The van der Waals surface area contributed by atoms with Crippen LogP contribution in [0.1, 0.15) is 42.7 Å². The van der Waals surface area contributed by atoms with Crippen LogP contribution in [0.3, 0.4) is 0 Å². The molecule has 0 aliphatic carbocycles. The Balaban J connectivity index is 2.33. The van der Waals surface area contributed by atoms with Crippen molar-refractivity contribution in [2.24, 2.45) is 0 Å². The molecule has 1 atom stereocenters. The van der Waals surface area contributed by atoms with Crippen molar-refractivity contribution in [1.82, 2.24) is 20.4 Å². The summed E-state index contributed by atoms with van der Waals surface area (Å²) in [5, 5.41) is 11.1. The highest BCUT2D eigenvalue weighted by atomic mass is 35.5. The maximum Gasteiger partial charge on any atom is 0.254 e. The molecule has 0 aliphatic rings. The number of aromatic nitrogens is 2. The van der Waals surface area contributed by atoms with E-state index in [4.69, 9.17) is 11.6 Å². The largest absolute Gasteiger partial charge is 0.350 e. The van der Waals surface area contributed by atoms with Gasteiger partial charge in [0.15, 0.2) is 0 Å². The summed E-state index contributed by atoms with van der Waals surface area (Å²) in [5.41, 5.74) is 2.33. The molecule has 1 amide bonds. The van der Waals surface area contributed by atoms with Crippen LogP contribution in [0.4, 0.5) is 0 Å². The SMILES string of the molecule is CNC(C)CNC(=O)c1cnn(-c2cccc(Cl)c2)c1C(C)C. The van der Waals surface area contributed by atoms with Crippen molar-refractivity contribution in [3.63, 3.8) is 0 Å². The van der Waals surface area contributed by atoms with Crippen LogP contribution < -0.4 is 10.6 Å². The molecule has 0 saturated heterocycles. The van der Waals surface area contributed by atoms with Gasteiger partial charge in [0, 0.05) is 17.6 Å². The van der Waals surface area contributed by atoms with E-state index < -0.39 is 0 Å². The number of benzene rings is 1. The zero-order valence-corrected chi connectivity index (χ0v) is 14.7. The lowest BCUT2D eigenvalue weighted by molar-refractivity contribution is 0.0949. The van der Waals surface area contributed by atoms with Crippen molar-refractivity contribution in [1.29, 1.82) is 0 Å². The number of hydrogen-bond acceptors (Lipinski definition) is 3. The Morgan fingerprint density at radius 1 is 1.35 bits per heavy atom. The van der Waals surface area contributed by atoms with Gasteiger partial charge in [0.25, 0.3) is 5.91 Å². The number of carbonyl (C=O) groups excluding carboxylic acids is 1. The second kappa shape index (κ2) is 7.62. The van der Waals surface area contributed by atoms with Gasteiger partial charge in [-0.2, -0.15) is 5.10 Å². The minimum absolute atomic E-state index is 0.107. The fraction of sp³-hybridized carbons (Fsp3) is 0.412. The molecule has 1 heterocycles. The molecule has 2 aromatic rings. The van der Waals surface area contributed by atoms with Gasteiger partial charge in [0.05, 0.1) is 23.1 Å². The number of nitrogens with zero attached hydrogens (tertiary/aromatic N) is 2. The Bertz CT molecular complexity index is 681. The number of nitrogens with one attached hydrogen (secondary N) is 2. The maximum atomic E-state index is 12.5. The molecule has 6 heteroatoms. The average Bonchev–Trinajstić information content (AvgIpc) is 2.97. The second-order valence-electron chi connectivity index (χ2n) is 5.89. The number of hydrogen-bond donors (Lipinski definition) is 2. The average molecular weight is 335 g/mol. The third kappa shape index (κ3) is 4.12. The van der Waals surface area contributed by atoms with Crippen molar-refractivity contribution in [3.05, 3.63) is 46.7 Å². The van der Waals surface area contributed by atoms with Crippen LogP contribution in [0, 0.1) is 0 Å². The molecular weight excluding hydrogens is 312 g/mol. The normalized spacial score (nSPS) is 12.4. The van der Waals surface area contributed by atoms with Crippen LogP contribution in [0.15, 0.2) is 30.5 Å². The first kappa shape index (κ1) is 17.5. The van der Waals surface area contributed by atoms with Crippen molar-refractivity contribution in [2.45, 2.75) is 32.7 Å². The highest BCUT2D eigenvalue weighted by Gasteiger charge is 2.21. The highest BCUT2D eigenvalue weighted by Crippen LogP contribution is 2.24. The third-order valence-electron chi connectivity index (χ3n) is 3.71. The first-order valence-electron chi connectivity index (χ1n) is 7.73. The number of halogens is 1. The fourth-order valence-electron chi connectivity index (χ4n) is 2.35. The lowest BCUT2D eigenvalue weighted by Crippen LogP contribution is -2.37. The lowest BCUT2D eigenvalue weighted by atomic mass is 10.0. The number of carbonyl (C=O) groups is 1. The van der Waals surface area contributed by atoms with Gasteiger partial charge in [0.1, 0.15) is 0 Å². The Morgan fingerprint density at radius 3 is 2.70 bits per heavy atom. The van der Waals surface area contributed by atoms with Crippen LogP contribution in [0.25, 0.3) is 5.69 Å². The molecule has 2 N–H and O–H groups in total. The summed E-state index contributed by atoms with van der Waals surface area (Å²) in [6, 6.07) is 7.67. The molecule has 1 unspecified atom stereocenters. The Labute approximate surface area is 142 Å². The maximum absolute atomic E-state index is 12.5. The van der Waals surface area contributed by atoms with Crippen LogP contribution in [-0.2, 0) is 0 Å². The topological polar surface area (TPSA) is 58.9 Å². The van der Waals surface area contributed by atoms with Crippen LogP contribution >= 0.6 is 11.6 Å². The quantitative estimate of drug-likeness (QED) is 0.853. The second-order valence-corrected chi connectivity index (χ2v) is 6.33. The lowest BCUT2D eigenvalue weighted by Gasteiger charge is -2.14. The van der Waals surface area contributed by atoms with E-state index in [9.17, 15) is 4.79 Å². The van der Waals surface area contributed by atoms with E-state index in [0.717, 1.165) is 11.4 Å². The number of rotatable bonds is 6. The van der Waals surface area contributed by atoms with Crippen molar-refractivity contribution in [3.8, 4) is 5.69 Å². The van der Waals surface area contributed by atoms with E-state index >= 15 is 0 Å². The first-order valence-corrected chi connectivity index (χ1v) is 8.11. The summed E-state index contributed by atoms with van der Waals surface area (Å²) < 4.78 is 1.78. The summed E-state index contributed by atoms with van der Waals surface area (Å²) in [6.07, 6.45) is 1.62. The summed E-state index contributed by atoms with van der Waals surface area (Å²) >= 11 is 6.07. The summed E-state index contributed by atoms with van der Waals surface area (Å²) in [7, 11) is 1.87. The van der Waals surface area contributed by atoms with E-state index in [1.165, 1.54) is 0 Å². The zero-order valence-electron chi connectivity index (χ0n) is 13.9. The monoisotopic (exact) mass is 334 g/mol. The van der Waals surface area contributed by atoms with Crippen LogP contribution in [0.5, 0.6) is 0 Å². The van der Waals surface area contributed by atoms with Crippen molar-refractivity contribution >= 4 is 17.5 Å². The molecule has 1 aromatic carbocycles. The van der Waals surface area contributed by atoms with Crippen molar-refractivity contribution < 1.29 is 4.79 Å². The predicted octanol–water partition coefficient (Wildman–Crippen LogP) is 2.99. The van der Waals surface area contributed by atoms with E-state index in [-0.39, 0.29) is 17.9 Å². The van der Waals surface area contributed by atoms with Gasteiger partial charge in [-0.25, -0.2) is 4.68 Å². The molecule has 0 bridgehead atoms. The molecule has 0 radical (unpaired) electrons. The fourth-order valence-corrected chi connectivity index (χ4v) is 2.53. The molecule has 0 spiro atoms.